The molecule has 0 aliphatic heterocycles. The molecule has 0 atom stereocenters. The topological polar surface area (TPSA) is 86.7 Å². The number of aromatic nitrogens is 4. The molecule has 0 aliphatic carbocycles. The molecule has 53 heavy (non-hydrogen) atoms. The highest BCUT2D eigenvalue weighted by molar-refractivity contribution is 7.26. The lowest BCUT2D eigenvalue weighted by Crippen LogP contribution is -2.02. The molecule has 3 heterocycles. The van der Waals surface area contributed by atoms with E-state index in [0.29, 0.717) is 23.0 Å². The largest absolute Gasteiger partial charge is 0.309 e. The first-order chi connectivity index (χ1) is 26.1. The summed E-state index contributed by atoms with van der Waals surface area (Å²) in [6.45, 7) is 0. The maximum Gasteiger partial charge on any atom is 0.270 e. The Kier molecular flexibility index (Phi) is 7.16. The Morgan fingerprint density at radius 1 is 0.491 bits per heavy atom. The number of benzene rings is 7. The van der Waals surface area contributed by atoms with Crippen molar-refractivity contribution in [3.8, 4) is 51.0 Å². The summed E-state index contributed by atoms with van der Waals surface area (Å²) in [5.41, 5.74) is 7.05. The number of nitro benzene ring substituents is 1. The molecule has 8 heteroatoms. The molecule has 7 nitrogen and oxygen atoms in total. The number of para-hydroxylation sites is 1. The van der Waals surface area contributed by atoms with Crippen molar-refractivity contribution in [3.63, 3.8) is 0 Å². The van der Waals surface area contributed by atoms with Crippen molar-refractivity contribution in [1.29, 1.82) is 0 Å². The number of nitro groups is 1. The highest BCUT2D eigenvalue weighted by atomic mass is 32.1. The third-order valence-electron chi connectivity index (χ3n) is 9.74. The molecule has 0 N–H and O–H groups in total. The number of hydrogen-bond acceptors (Lipinski definition) is 6. The lowest BCUT2D eigenvalue weighted by Gasteiger charge is -2.16. The quantitative estimate of drug-likeness (QED) is 0.127. The maximum atomic E-state index is 12.1. The zero-order chi connectivity index (χ0) is 35.5. The fourth-order valence-corrected chi connectivity index (χ4v) is 8.47. The molecule has 0 aliphatic rings. The van der Waals surface area contributed by atoms with Crippen molar-refractivity contribution < 1.29 is 4.92 Å². The van der Waals surface area contributed by atoms with E-state index >= 15 is 0 Å². The minimum atomic E-state index is -0.351. The zero-order valence-electron chi connectivity index (χ0n) is 28.0. The van der Waals surface area contributed by atoms with Crippen LogP contribution in [-0.2, 0) is 0 Å². The van der Waals surface area contributed by atoms with Gasteiger partial charge < -0.3 is 4.57 Å². The molecule has 0 fully saturated rings. The lowest BCUT2D eigenvalue weighted by molar-refractivity contribution is -0.384. The smallest absolute Gasteiger partial charge is 0.270 e. The van der Waals surface area contributed by atoms with Crippen molar-refractivity contribution in [2.75, 3.05) is 0 Å². The van der Waals surface area contributed by atoms with Crippen LogP contribution in [0.3, 0.4) is 0 Å². The predicted octanol–water partition coefficient (Wildman–Crippen LogP) is 11.9. The van der Waals surface area contributed by atoms with E-state index in [2.05, 4.69) is 71.3 Å². The van der Waals surface area contributed by atoms with Gasteiger partial charge in [0.15, 0.2) is 17.5 Å². The van der Waals surface area contributed by atoms with E-state index in [9.17, 15) is 10.1 Å². The Hall–Kier alpha value is -7.03. The number of hydrogen-bond donors (Lipinski definition) is 0. The molecule has 0 bridgehead atoms. The first-order valence-corrected chi connectivity index (χ1v) is 18.0. The third kappa shape index (κ3) is 5.15. The van der Waals surface area contributed by atoms with E-state index in [-0.39, 0.29) is 10.6 Å². The Labute approximate surface area is 307 Å². The van der Waals surface area contributed by atoms with Gasteiger partial charge in [-0.25, -0.2) is 15.0 Å². The molecule has 3 aromatic heterocycles. The Morgan fingerprint density at radius 2 is 1.11 bits per heavy atom. The summed E-state index contributed by atoms with van der Waals surface area (Å²) in [5.74, 6) is 1.62. The van der Waals surface area contributed by atoms with Gasteiger partial charge in [-0.1, -0.05) is 109 Å². The fourth-order valence-electron chi connectivity index (χ4n) is 7.36. The molecule has 250 valence electrons. The van der Waals surface area contributed by atoms with Crippen LogP contribution < -0.4 is 0 Å². The Morgan fingerprint density at radius 3 is 1.83 bits per heavy atom. The van der Waals surface area contributed by atoms with E-state index in [1.54, 1.807) is 23.5 Å². The van der Waals surface area contributed by atoms with Gasteiger partial charge in [-0.15, -0.1) is 11.3 Å². The standard InChI is InChI=1S/C45H27N5O2S/c51-50(52)32-17-11-16-30(26-32)35-27-31(45-47-43(28-12-3-1-4-13-28)46-44(48-45)29-14-5-2-6-15-29)22-23-37(35)49-36-20-9-7-18-33(36)41-38(49)24-25-40-42(41)34-19-8-10-21-39(34)53-40/h1-27H. The average Bonchev–Trinajstić information content (AvgIpc) is 3.77. The molecular weight excluding hydrogens is 675 g/mol. The minimum absolute atomic E-state index is 0.0189. The number of thiophene rings is 1. The SMILES string of the molecule is O=[N+]([O-])c1cccc(-c2cc(-c3nc(-c4ccccc4)nc(-c4ccccc4)n3)ccc2-n2c3ccccc3c3c4c(ccc32)sc2ccccc24)c1. The van der Waals surface area contributed by atoms with E-state index in [4.69, 9.17) is 15.0 Å². The second-order valence-corrected chi connectivity index (χ2v) is 13.9. The highest BCUT2D eigenvalue weighted by Gasteiger charge is 2.22. The lowest BCUT2D eigenvalue weighted by atomic mass is 9.99. The molecular formula is C45H27N5O2S. The summed E-state index contributed by atoms with van der Waals surface area (Å²) < 4.78 is 4.76. The van der Waals surface area contributed by atoms with Gasteiger partial charge in [0, 0.05) is 65.3 Å². The van der Waals surface area contributed by atoms with Crippen LogP contribution in [0.1, 0.15) is 0 Å². The van der Waals surface area contributed by atoms with Crippen molar-refractivity contribution >= 4 is 59.0 Å². The molecule has 7 aromatic carbocycles. The van der Waals surface area contributed by atoms with Crippen LogP contribution in [0.15, 0.2) is 164 Å². The van der Waals surface area contributed by atoms with E-state index in [1.165, 1.54) is 31.6 Å². The van der Waals surface area contributed by atoms with Gasteiger partial charge >= 0.3 is 0 Å². The number of rotatable bonds is 6. The van der Waals surface area contributed by atoms with Crippen LogP contribution in [0.25, 0.3) is 93.0 Å². The van der Waals surface area contributed by atoms with E-state index in [0.717, 1.165) is 44.4 Å². The minimum Gasteiger partial charge on any atom is -0.309 e. The fraction of sp³-hybridized carbons (Fsp3) is 0. The van der Waals surface area contributed by atoms with Gasteiger partial charge in [0.1, 0.15) is 0 Å². The highest BCUT2D eigenvalue weighted by Crippen LogP contribution is 2.45. The van der Waals surface area contributed by atoms with Crippen molar-refractivity contribution in [2.45, 2.75) is 0 Å². The summed E-state index contributed by atoms with van der Waals surface area (Å²) >= 11 is 1.80. The molecule has 0 radical (unpaired) electrons. The number of nitrogens with zero attached hydrogens (tertiary/aromatic N) is 5. The summed E-state index contributed by atoms with van der Waals surface area (Å²) in [5, 5.41) is 16.9. The van der Waals surface area contributed by atoms with Crippen LogP contribution in [0, 0.1) is 10.1 Å². The van der Waals surface area contributed by atoms with Gasteiger partial charge in [-0.3, -0.25) is 10.1 Å². The monoisotopic (exact) mass is 701 g/mol. The first-order valence-electron chi connectivity index (χ1n) is 17.2. The molecule has 0 amide bonds. The second kappa shape index (κ2) is 12.3. The second-order valence-electron chi connectivity index (χ2n) is 12.9. The zero-order valence-corrected chi connectivity index (χ0v) is 28.9. The van der Waals surface area contributed by atoms with Gasteiger partial charge in [-0.2, -0.15) is 0 Å². The molecule has 10 rings (SSSR count). The third-order valence-corrected chi connectivity index (χ3v) is 10.9. The summed E-state index contributed by atoms with van der Waals surface area (Å²) in [4.78, 5) is 26.6. The summed E-state index contributed by atoms with van der Waals surface area (Å²) in [6, 6.07) is 54.2. The molecule has 0 saturated carbocycles. The first kappa shape index (κ1) is 30.8. The number of fused-ring (bicyclic) bond motifs is 7. The Balaban J connectivity index is 1.26. The van der Waals surface area contributed by atoms with Gasteiger partial charge in [0.05, 0.1) is 21.6 Å². The molecule has 10 aromatic rings. The maximum absolute atomic E-state index is 12.1. The normalized spacial score (nSPS) is 11.5. The van der Waals surface area contributed by atoms with E-state index in [1.807, 2.05) is 78.9 Å². The predicted molar refractivity (Wildman–Crippen MR) is 215 cm³/mol. The van der Waals surface area contributed by atoms with Crippen molar-refractivity contribution in [2.24, 2.45) is 0 Å². The molecule has 0 saturated heterocycles. The summed E-state index contributed by atoms with van der Waals surface area (Å²) in [6.07, 6.45) is 0. The van der Waals surface area contributed by atoms with Crippen LogP contribution >= 0.6 is 11.3 Å². The van der Waals surface area contributed by atoms with Crippen LogP contribution in [-0.4, -0.2) is 24.4 Å². The van der Waals surface area contributed by atoms with Crippen LogP contribution in [0.5, 0.6) is 0 Å². The van der Waals surface area contributed by atoms with Gasteiger partial charge in [0.2, 0.25) is 0 Å². The summed E-state index contributed by atoms with van der Waals surface area (Å²) in [7, 11) is 0. The van der Waals surface area contributed by atoms with Gasteiger partial charge in [-0.05, 0) is 48.0 Å². The molecule has 0 spiro atoms. The van der Waals surface area contributed by atoms with Crippen LogP contribution in [0.4, 0.5) is 5.69 Å². The molecule has 0 unspecified atom stereocenters. The number of non-ortho nitro benzene ring substituents is 1. The van der Waals surface area contributed by atoms with Crippen molar-refractivity contribution in [1.82, 2.24) is 19.5 Å². The van der Waals surface area contributed by atoms with Crippen LogP contribution in [0.2, 0.25) is 0 Å². The average molecular weight is 702 g/mol. The van der Waals surface area contributed by atoms with Crippen molar-refractivity contribution in [3.05, 3.63) is 174 Å². The Bertz CT molecular complexity index is 2990. The van der Waals surface area contributed by atoms with Gasteiger partial charge in [0.25, 0.3) is 5.69 Å². The van der Waals surface area contributed by atoms with E-state index < -0.39 is 0 Å².